The largest absolute Gasteiger partial charge is 0.329 e. The minimum absolute atomic E-state index is 0.117. The maximum atomic E-state index is 6.23. The molecule has 0 amide bonds. The van der Waals surface area contributed by atoms with Gasteiger partial charge < -0.3 is 5.73 Å². The molecule has 0 fully saturated rings. The van der Waals surface area contributed by atoms with Crippen molar-refractivity contribution >= 4 is 23.2 Å². The van der Waals surface area contributed by atoms with Crippen molar-refractivity contribution in [3.05, 3.63) is 33.8 Å². The fraction of sp³-hybridized carbons (Fsp3) is 0.538. The average Bonchev–Trinajstić information content (AvgIpc) is 2.28. The molecule has 1 unspecified atom stereocenters. The highest BCUT2D eigenvalue weighted by Gasteiger charge is 2.22. The Balaban J connectivity index is 3.11. The van der Waals surface area contributed by atoms with Crippen LogP contribution in [0.15, 0.2) is 18.2 Å². The summed E-state index contributed by atoms with van der Waals surface area (Å²) in [5.41, 5.74) is 6.91. The predicted molar refractivity (Wildman–Crippen MR) is 75.8 cm³/mol. The van der Waals surface area contributed by atoms with Crippen LogP contribution in [0, 0.1) is 0 Å². The number of halogens is 2. The highest BCUT2D eigenvalue weighted by atomic mass is 35.5. The summed E-state index contributed by atoms with van der Waals surface area (Å²) in [5, 5.41) is 1.42. The molecule has 1 aromatic rings. The van der Waals surface area contributed by atoms with Crippen LogP contribution < -0.4 is 5.73 Å². The lowest BCUT2D eigenvalue weighted by molar-refractivity contribution is 0.166. The molecule has 0 bridgehead atoms. The smallest absolute Gasteiger partial charge is 0.0488 e. The number of hydrogen-bond donors (Lipinski definition) is 1. The normalized spacial score (nSPS) is 13.4. The van der Waals surface area contributed by atoms with Crippen molar-refractivity contribution < 1.29 is 0 Å². The van der Waals surface area contributed by atoms with E-state index in [0.717, 1.165) is 17.1 Å². The van der Waals surface area contributed by atoms with Crippen LogP contribution in [-0.4, -0.2) is 24.0 Å². The SMILES string of the molecule is CCN(C(C)C)C(CN)c1cc(Cl)ccc1Cl. The van der Waals surface area contributed by atoms with Crippen LogP contribution in [0.4, 0.5) is 0 Å². The standard InChI is InChI=1S/C13H20Cl2N2/c1-4-17(9(2)3)13(8-16)11-7-10(14)5-6-12(11)15/h5-7,9,13H,4,8,16H2,1-3H3. The summed E-state index contributed by atoms with van der Waals surface area (Å²) in [6, 6.07) is 6.07. The van der Waals surface area contributed by atoms with Gasteiger partial charge in [0.2, 0.25) is 0 Å². The Bertz CT molecular complexity index is 366. The molecule has 0 radical (unpaired) electrons. The van der Waals surface area contributed by atoms with E-state index >= 15 is 0 Å². The summed E-state index contributed by atoms with van der Waals surface area (Å²) in [6.45, 7) is 7.91. The number of benzene rings is 1. The zero-order chi connectivity index (χ0) is 13.0. The molecule has 0 heterocycles. The molecule has 17 heavy (non-hydrogen) atoms. The summed E-state index contributed by atoms with van der Waals surface area (Å²) < 4.78 is 0. The van der Waals surface area contributed by atoms with E-state index < -0.39 is 0 Å². The van der Waals surface area contributed by atoms with Gasteiger partial charge in [-0.2, -0.15) is 0 Å². The van der Waals surface area contributed by atoms with Gasteiger partial charge in [-0.25, -0.2) is 0 Å². The molecule has 2 nitrogen and oxygen atoms in total. The second kappa shape index (κ2) is 6.60. The zero-order valence-corrected chi connectivity index (χ0v) is 12.1. The number of likely N-dealkylation sites (N-methyl/N-ethyl adjacent to an activating group) is 1. The summed E-state index contributed by atoms with van der Waals surface area (Å²) in [7, 11) is 0. The van der Waals surface area contributed by atoms with Crippen molar-refractivity contribution in [2.24, 2.45) is 5.73 Å². The molecule has 0 saturated heterocycles. The first-order chi connectivity index (χ1) is 8.01. The van der Waals surface area contributed by atoms with Crippen molar-refractivity contribution in [3.63, 3.8) is 0 Å². The van der Waals surface area contributed by atoms with Crippen LogP contribution in [0.1, 0.15) is 32.4 Å². The Hall–Kier alpha value is -0.280. The lowest BCUT2D eigenvalue weighted by Gasteiger charge is -2.34. The Morgan fingerprint density at radius 1 is 1.29 bits per heavy atom. The highest BCUT2D eigenvalue weighted by molar-refractivity contribution is 6.33. The molecule has 4 heteroatoms. The van der Waals surface area contributed by atoms with Crippen molar-refractivity contribution in [1.29, 1.82) is 0 Å². The van der Waals surface area contributed by atoms with E-state index in [2.05, 4.69) is 25.7 Å². The Morgan fingerprint density at radius 3 is 2.41 bits per heavy atom. The fourth-order valence-electron chi connectivity index (χ4n) is 2.16. The van der Waals surface area contributed by atoms with Gasteiger partial charge in [-0.3, -0.25) is 4.90 Å². The van der Waals surface area contributed by atoms with E-state index in [0.29, 0.717) is 17.6 Å². The van der Waals surface area contributed by atoms with E-state index in [-0.39, 0.29) is 6.04 Å². The van der Waals surface area contributed by atoms with Gasteiger partial charge in [-0.15, -0.1) is 0 Å². The van der Waals surface area contributed by atoms with E-state index in [1.807, 2.05) is 12.1 Å². The highest BCUT2D eigenvalue weighted by Crippen LogP contribution is 2.30. The van der Waals surface area contributed by atoms with E-state index in [1.54, 1.807) is 6.07 Å². The first kappa shape index (κ1) is 14.8. The third-order valence-corrected chi connectivity index (χ3v) is 3.55. The summed E-state index contributed by atoms with van der Waals surface area (Å²) in [6.07, 6.45) is 0. The Kier molecular flexibility index (Phi) is 5.74. The number of nitrogens with zero attached hydrogens (tertiary/aromatic N) is 1. The monoisotopic (exact) mass is 274 g/mol. The van der Waals surface area contributed by atoms with Crippen molar-refractivity contribution in [2.75, 3.05) is 13.1 Å². The van der Waals surface area contributed by atoms with Crippen molar-refractivity contribution in [2.45, 2.75) is 32.9 Å². The average molecular weight is 275 g/mol. The molecule has 96 valence electrons. The molecule has 0 aliphatic heterocycles. The van der Waals surface area contributed by atoms with E-state index in [9.17, 15) is 0 Å². The van der Waals surface area contributed by atoms with Gasteiger partial charge in [0.25, 0.3) is 0 Å². The maximum Gasteiger partial charge on any atom is 0.0488 e. The molecule has 1 rings (SSSR count). The first-order valence-corrected chi connectivity index (χ1v) is 6.67. The van der Waals surface area contributed by atoms with Gasteiger partial charge in [0.15, 0.2) is 0 Å². The molecule has 0 aromatic heterocycles. The Morgan fingerprint density at radius 2 is 1.94 bits per heavy atom. The second-order valence-electron chi connectivity index (χ2n) is 4.34. The minimum atomic E-state index is 0.117. The van der Waals surface area contributed by atoms with E-state index in [4.69, 9.17) is 28.9 Å². The van der Waals surface area contributed by atoms with Gasteiger partial charge in [-0.1, -0.05) is 30.1 Å². The predicted octanol–water partition coefficient (Wildman–Crippen LogP) is 3.72. The van der Waals surface area contributed by atoms with Crippen LogP contribution in [0.3, 0.4) is 0 Å². The zero-order valence-electron chi connectivity index (χ0n) is 10.6. The molecular formula is C13H20Cl2N2. The summed E-state index contributed by atoms with van der Waals surface area (Å²) in [4.78, 5) is 2.32. The lowest BCUT2D eigenvalue weighted by Crippen LogP contribution is -2.38. The van der Waals surface area contributed by atoms with Crippen LogP contribution in [-0.2, 0) is 0 Å². The minimum Gasteiger partial charge on any atom is -0.329 e. The summed E-state index contributed by atoms with van der Waals surface area (Å²) in [5.74, 6) is 0. The van der Waals surface area contributed by atoms with E-state index in [1.165, 1.54) is 0 Å². The first-order valence-electron chi connectivity index (χ1n) is 5.92. The lowest BCUT2D eigenvalue weighted by atomic mass is 10.0. The molecular weight excluding hydrogens is 255 g/mol. The van der Waals surface area contributed by atoms with Gasteiger partial charge in [-0.05, 0) is 44.2 Å². The fourth-order valence-corrected chi connectivity index (χ4v) is 2.58. The van der Waals surface area contributed by atoms with Gasteiger partial charge in [0.05, 0.1) is 0 Å². The molecule has 0 aliphatic carbocycles. The number of hydrogen-bond acceptors (Lipinski definition) is 2. The van der Waals surface area contributed by atoms with Crippen molar-refractivity contribution in [1.82, 2.24) is 4.90 Å². The molecule has 2 N–H and O–H groups in total. The number of rotatable bonds is 5. The molecule has 0 aliphatic rings. The second-order valence-corrected chi connectivity index (χ2v) is 5.19. The summed E-state index contributed by atoms with van der Waals surface area (Å²) >= 11 is 12.3. The molecule has 0 saturated carbocycles. The third kappa shape index (κ3) is 3.59. The molecule has 1 atom stereocenters. The van der Waals surface area contributed by atoms with Crippen LogP contribution >= 0.6 is 23.2 Å². The van der Waals surface area contributed by atoms with Gasteiger partial charge >= 0.3 is 0 Å². The van der Waals surface area contributed by atoms with Gasteiger partial charge in [0.1, 0.15) is 0 Å². The topological polar surface area (TPSA) is 29.3 Å². The van der Waals surface area contributed by atoms with Crippen LogP contribution in [0.25, 0.3) is 0 Å². The third-order valence-electron chi connectivity index (χ3n) is 2.97. The maximum absolute atomic E-state index is 6.23. The van der Waals surface area contributed by atoms with Crippen LogP contribution in [0.2, 0.25) is 10.0 Å². The number of nitrogens with two attached hydrogens (primary N) is 1. The quantitative estimate of drug-likeness (QED) is 0.887. The Labute approximate surface area is 114 Å². The van der Waals surface area contributed by atoms with Gasteiger partial charge in [0, 0.05) is 28.7 Å². The van der Waals surface area contributed by atoms with Crippen molar-refractivity contribution in [3.8, 4) is 0 Å². The molecule has 1 aromatic carbocycles. The van der Waals surface area contributed by atoms with Crippen LogP contribution in [0.5, 0.6) is 0 Å². The molecule has 0 spiro atoms.